The molecule has 0 radical (unpaired) electrons. The molecule has 182 valence electrons. The van der Waals surface area contributed by atoms with Gasteiger partial charge in [-0.2, -0.15) is 0 Å². The molecule has 0 fully saturated rings. The summed E-state index contributed by atoms with van der Waals surface area (Å²) in [5.41, 5.74) is 2.37. The van der Waals surface area contributed by atoms with Crippen molar-refractivity contribution in [2.45, 2.75) is 37.7 Å². The van der Waals surface area contributed by atoms with E-state index in [2.05, 4.69) is 86.4 Å². The fourth-order valence-electron chi connectivity index (χ4n) is 4.99. The van der Waals surface area contributed by atoms with Crippen molar-refractivity contribution in [2.24, 2.45) is 0 Å². The monoisotopic (exact) mass is 468 g/mol. The van der Waals surface area contributed by atoms with E-state index < -0.39 is 5.60 Å². The van der Waals surface area contributed by atoms with Crippen molar-refractivity contribution in [3.05, 3.63) is 107 Å². The molecular weight excluding hydrogens is 432 g/mol. The lowest BCUT2D eigenvalue weighted by atomic mass is 9.70. The number of benzene rings is 3. The van der Waals surface area contributed by atoms with Gasteiger partial charge in [-0.1, -0.05) is 86.6 Å². The first kappa shape index (κ1) is 24.9. The van der Waals surface area contributed by atoms with Gasteiger partial charge in [0.2, 0.25) is 5.88 Å². The first-order valence-electron chi connectivity index (χ1n) is 12.3. The molecule has 4 rings (SSSR count). The molecule has 1 N–H and O–H groups in total. The van der Waals surface area contributed by atoms with Gasteiger partial charge < -0.3 is 14.7 Å². The van der Waals surface area contributed by atoms with Gasteiger partial charge in [-0.15, -0.1) is 0 Å². The largest absolute Gasteiger partial charge is 0.481 e. The van der Waals surface area contributed by atoms with Crippen molar-refractivity contribution in [3.63, 3.8) is 0 Å². The van der Waals surface area contributed by atoms with Crippen LogP contribution in [0.25, 0.3) is 10.8 Å². The molecule has 0 saturated carbocycles. The molecule has 1 heterocycles. The van der Waals surface area contributed by atoms with Crippen molar-refractivity contribution in [2.75, 3.05) is 27.7 Å². The number of rotatable bonds is 9. The Morgan fingerprint density at radius 1 is 0.943 bits per heavy atom. The average molecular weight is 469 g/mol. The number of fused-ring (bicyclic) bond motifs is 1. The lowest BCUT2D eigenvalue weighted by molar-refractivity contribution is 0.0409. The normalized spacial score (nSPS) is 14.3. The summed E-state index contributed by atoms with van der Waals surface area (Å²) in [7, 11) is 5.77. The fraction of sp³-hybridized carbons (Fsp3) is 0.323. The predicted molar refractivity (Wildman–Crippen MR) is 144 cm³/mol. The van der Waals surface area contributed by atoms with Crippen LogP contribution >= 0.6 is 0 Å². The van der Waals surface area contributed by atoms with Crippen LogP contribution in [-0.4, -0.2) is 42.7 Å². The summed E-state index contributed by atoms with van der Waals surface area (Å²) in [5.74, 6) is 0.484. The highest BCUT2D eigenvalue weighted by molar-refractivity contribution is 5.86. The second kappa shape index (κ2) is 10.6. The number of nitrogens with zero attached hydrogens (tertiary/aromatic N) is 2. The molecule has 2 atom stereocenters. The summed E-state index contributed by atoms with van der Waals surface area (Å²) in [6, 6.07) is 26.8. The zero-order valence-corrected chi connectivity index (χ0v) is 21.4. The van der Waals surface area contributed by atoms with E-state index in [4.69, 9.17) is 4.74 Å². The second-order valence-electron chi connectivity index (χ2n) is 9.83. The molecule has 3 aromatic carbocycles. The van der Waals surface area contributed by atoms with Gasteiger partial charge in [-0.3, -0.25) is 0 Å². The van der Waals surface area contributed by atoms with Gasteiger partial charge in [-0.25, -0.2) is 4.98 Å². The van der Waals surface area contributed by atoms with E-state index in [1.165, 1.54) is 0 Å². The lowest BCUT2D eigenvalue weighted by Crippen LogP contribution is -2.37. The number of methoxy groups -OCH3 is 1. The molecule has 0 amide bonds. The van der Waals surface area contributed by atoms with Crippen LogP contribution in [0.5, 0.6) is 5.88 Å². The van der Waals surface area contributed by atoms with Crippen LogP contribution in [0, 0.1) is 0 Å². The molecule has 4 heteroatoms. The van der Waals surface area contributed by atoms with Gasteiger partial charge >= 0.3 is 0 Å². The van der Waals surface area contributed by atoms with Crippen molar-refractivity contribution >= 4 is 10.8 Å². The number of aliphatic hydroxyl groups is 1. The van der Waals surface area contributed by atoms with Gasteiger partial charge in [-0.05, 0) is 66.5 Å². The van der Waals surface area contributed by atoms with E-state index in [9.17, 15) is 5.11 Å². The predicted octanol–water partition coefficient (Wildman–Crippen LogP) is 6.34. The highest BCUT2D eigenvalue weighted by Crippen LogP contribution is 2.49. The van der Waals surface area contributed by atoms with E-state index in [-0.39, 0.29) is 11.8 Å². The Bertz CT molecular complexity index is 1260. The summed E-state index contributed by atoms with van der Waals surface area (Å²) in [5, 5.41) is 15.3. The molecule has 0 spiro atoms. The maximum atomic E-state index is 13.0. The lowest BCUT2D eigenvalue weighted by Gasteiger charge is -2.39. The van der Waals surface area contributed by atoms with Gasteiger partial charge in [0.15, 0.2) is 0 Å². The third-order valence-corrected chi connectivity index (χ3v) is 6.92. The quantitative estimate of drug-likeness (QED) is 0.311. The standard InChI is InChI=1S/C31H36N2O2/c1-22(2)24-20-29(30(35-5)32-21-24)31(34,25-14-7-6-8-15-25)28(18-19-33(3)4)27-17-11-13-23-12-9-10-16-26(23)27/h6-17,20-22,28,34H,18-19H2,1-5H3. The van der Waals surface area contributed by atoms with E-state index in [1.807, 2.05) is 36.5 Å². The number of hydrogen-bond acceptors (Lipinski definition) is 4. The molecule has 4 nitrogen and oxygen atoms in total. The third-order valence-electron chi connectivity index (χ3n) is 6.92. The van der Waals surface area contributed by atoms with E-state index in [0.717, 1.165) is 40.4 Å². The number of hydrogen-bond donors (Lipinski definition) is 1. The molecule has 2 unspecified atom stereocenters. The van der Waals surface area contributed by atoms with Crippen molar-refractivity contribution in [1.29, 1.82) is 0 Å². The fourth-order valence-corrected chi connectivity index (χ4v) is 4.99. The Labute approximate surface area is 209 Å². The Balaban J connectivity index is 2.05. The highest BCUT2D eigenvalue weighted by atomic mass is 16.5. The number of pyridine rings is 1. The molecule has 0 aliphatic rings. The van der Waals surface area contributed by atoms with Gasteiger partial charge in [0.25, 0.3) is 0 Å². The molecule has 0 aliphatic heterocycles. The summed E-state index contributed by atoms with van der Waals surface area (Å²) in [6.45, 7) is 5.11. The minimum Gasteiger partial charge on any atom is -0.481 e. The minimum atomic E-state index is -1.36. The highest BCUT2D eigenvalue weighted by Gasteiger charge is 2.44. The van der Waals surface area contributed by atoms with Gasteiger partial charge in [0.05, 0.1) is 12.7 Å². The summed E-state index contributed by atoms with van der Waals surface area (Å²) < 4.78 is 5.77. The Morgan fingerprint density at radius 3 is 2.31 bits per heavy atom. The van der Waals surface area contributed by atoms with Gasteiger partial charge in [0, 0.05) is 12.1 Å². The smallest absolute Gasteiger partial charge is 0.219 e. The van der Waals surface area contributed by atoms with Crippen LogP contribution in [0.2, 0.25) is 0 Å². The third kappa shape index (κ3) is 4.95. The first-order valence-corrected chi connectivity index (χ1v) is 12.3. The summed E-state index contributed by atoms with van der Waals surface area (Å²) in [4.78, 5) is 6.82. The molecule has 35 heavy (non-hydrogen) atoms. The van der Waals surface area contributed by atoms with Crippen LogP contribution in [0.4, 0.5) is 0 Å². The molecule has 0 aliphatic carbocycles. The minimum absolute atomic E-state index is 0.239. The summed E-state index contributed by atoms with van der Waals surface area (Å²) in [6.07, 6.45) is 2.60. The van der Waals surface area contributed by atoms with Crippen LogP contribution in [0.3, 0.4) is 0 Å². The van der Waals surface area contributed by atoms with E-state index >= 15 is 0 Å². The molecule has 1 aromatic heterocycles. The molecule has 4 aromatic rings. The number of ether oxygens (including phenoxy) is 1. The topological polar surface area (TPSA) is 45.6 Å². The second-order valence-corrected chi connectivity index (χ2v) is 9.83. The van der Waals surface area contributed by atoms with Crippen molar-refractivity contribution in [3.8, 4) is 5.88 Å². The van der Waals surface area contributed by atoms with E-state index in [0.29, 0.717) is 11.4 Å². The zero-order valence-electron chi connectivity index (χ0n) is 21.4. The molecule has 0 saturated heterocycles. The maximum absolute atomic E-state index is 13.0. The molecule has 0 bridgehead atoms. The Morgan fingerprint density at radius 2 is 1.63 bits per heavy atom. The van der Waals surface area contributed by atoms with Crippen molar-refractivity contribution < 1.29 is 9.84 Å². The van der Waals surface area contributed by atoms with Crippen LogP contribution in [0.15, 0.2) is 85.1 Å². The van der Waals surface area contributed by atoms with Crippen molar-refractivity contribution in [1.82, 2.24) is 9.88 Å². The average Bonchev–Trinajstić information content (AvgIpc) is 2.88. The van der Waals surface area contributed by atoms with Crippen LogP contribution in [0.1, 0.15) is 54.4 Å². The SMILES string of the molecule is COc1ncc(C(C)C)cc1C(O)(c1ccccc1)C(CCN(C)C)c1cccc2ccccc12. The molecular formula is C31H36N2O2. The Hall–Kier alpha value is -3.21. The van der Waals surface area contributed by atoms with Crippen LogP contribution in [-0.2, 0) is 5.60 Å². The van der Waals surface area contributed by atoms with Gasteiger partial charge in [0.1, 0.15) is 5.60 Å². The zero-order chi connectivity index (χ0) is 25.0. The van der Waals surface area contributed by atoms with E-state index in [1.54, 1.807) is 7.11 Å². The maximum Gasteiger partial charge on any atom is 0.219 e. The Kier molecular flexibility index (Phi) is 7.54. The summed E-state index contributed by atoms with van der Waals surface area (Å²) >= 11 is 0. The first-order chi connectivity index (χ1) is 16.9. The number of aromatic nitrogens is 1. The van der Waals surface area contributed by atoms with Crippen LogP contribution < -0.4 is 4.74 Å².